The fourth-order valence-corrected chi connectivity index (χ4v) is 1.07. The van der Waals surface area contributed by atoms with Crippen LogP contribution in [0.4, 0.5) is 0 Å². The van der Waals surface area contributed by atoms with Gasteiger partial charge in [0.25, 0.3) is 0 Å². The van der Waals surface area contributed by atoms with Gasteiger partial charge in [-0.1, -0.05) is 0 Å². The second kappa shape index (κ2) is 4.57. The molecule has 7 heteroatoms. The molecule has 0 rings (SSSR count). The van der Waals surface area contributed by atoms with Crippen LogP contribution in [0.5, 0.6) is 0 Å². The third-order valence-electron chi connectivity index (χ3n) is 0.928. The zero-order chi connectivity index (χ0) is 9.78. The standard InChI is InChI=1S/C5H12NO5P/c1-3-10-5(7)4(2)11-12(6,8)9/h4H,3H2,1-2H3,(H3,6,8,9). The molecule has 0 bridgehead atoms. The molecule has 0 aromatic carbocycles. The number of hydrogen-bond acceptors (Lipinski definition) is 4. The number of rotatable bonds is 4. The van der Waals surface area contributed by atoms with E-state index in [2.05, 4.69) is 14.8 Å². The molecule has 2 atom stereocenters. The van der Waals surface area contributed by atoms with Crippen LogP contribution in [0, 0.1) is 0 Å². The Morgan fingerprint density at radius 2 is 2.25 bits per heavy atom. The minimum absolute atomic E-state index is 0.187. The van der Waals surface area contributed by atoms with Crippen molar-refractivity contribution in [3.63, 3.8) is 0 Å². The van der Waals surface area contributed by atoms with Crippen LogP contribution in [0.25, 0.3) is 0 Å². The quantitative estimate of drug-likeness (QED) is 0.486. The first-order valence-corrected chi connectivity index (χ1v) is 4.98. The smallest absolute Gasteiger partial charge is 0.401 e. The maximum absolute atomic E-state index is 10.8. The van der Waals surface area contributed by atoms with Gasteiger partial charge in [-0.25, -0.2) is 14.9 Å². The van der Waals surface area contributed by atoms with Crippen LogP contribution in [0.3, 0.4) is 0 Å². The van der Waals surface area contributed by atoms with Crippen molar-refractivity contribution in [2.24, 2.45) is 5.50 Å². The Kier molecular flexibility index (Phi) is 4.41. The van der Waals surface area contributed by atoms with Crippen molar-refractivity contribution >= 4 is 13.7 Å². The fraction of sp³-hybridized carbons (Fsp3) is 0.800. The Balaban J connectivity index is 3.96. The van der Waals surface area contributed by atoms with Gasteiger partial charge in [-0.2, -0.15) is 0 Å². The van der Waals surface area contributed by atoms with Crippen LogP contribution in [-0.4, -0.2) is 23.6 Å². The first-order valence-electron chi connectivity index (χ1n) is 3.33. The summed E-state index contributed by atoms with van der Waals surface area (Å²) >= 11 is 0. The SMILES string of the molecule is CCOC(=O)C(C)OP(N)(=O)O. The van der Waals surface area contributed by atoms with Gasteiger partial charge in [0.2, 0.25) is 0 Å². The second-order valence-corrected chi connectivity index (χ2v) is 3.40. The highest BCUT2D eigenvalue weighted by Crippen LogP contribution is 2.33. The molecule has 6 nitrogen and oxygen atoms in total. The number of carbonyl (C=O) groups is 1. The number of nitrogens with two attached hydrogens (primary N) is 1. The molecule has 72 valence electrons. The maximum Gasteiger partial charge on any atom is 0.401 e. The minimum Gasteiger partial charge on any atom is -0.464 e. The van der Waals surface area contributed by atoms with Gasteiger partial charge in [0.1, 0.15) is 0 Å². The summed E-state index contributed by atoms with van der Waals surface area (Å²) in [5.41, 5.74) is 4.65. The van der Waals surface area contributed by atoms with E-state index >= 15 is 0 Å². The Hall–Kier alpha value is -0.420. The van der Waals surface area contributed by atoms with Crippen molar-refractivity contribution in [3.05, 3.63) is 0 Å². The summed E-state index contributed by atoms with van der Waals surface area (Å²) in [5, 5.41) is 0. The minimum atomic E-state index is -4.10. The Bertz CT molecular complexity index is 200. The largest absolute Gasteiger partial charge is 0.464 e. The molecular formula is C5H12NO5P. The van der Waals surface area contributed by atoms with Crippen LogP contribution in [0.15, 0.2) is 0 Å². The van der Waals surface area contributed by atoms with E-state index in [9.17, 15) is 9.36 Å². The number of esters is 1. The molecule has 12 heavy (non-hydrogen) atoms. The molecule has 2 unspecified atom stereocenters. The van der Waals surface area contributed by atoms with Gasteiger partial charge < -0.3 is 9.63 Å². The molecule has 0 saturated carbocycles. The van der Waals surface area contributed by atoms with E-state index in [4.69, 9.17) is 4.89 Å². The van der Waals surface area contributed by atoms with E-state index in [1.54, 1.807) is 6.92 Å². The van der Waals surface area contributed by atoms with Crippen molar-refractivity contribution in [2.45, 2.75) is 20.0 Å². The first-order chi connectivity index (χ1) is 5.37. The molecule has 0 radical (unpaired) electrons. The van der Waals surface area contributed by atoms with Gasteiger partial charge in [-0.05, 0) is 13.8 Å². The van der Waals surface area contributed by atoms with Gasteiger partial charge in [0, 0.05) is 0 Å². The summed E-state index contributed by atoms with van der Waals surface area (Å²) in [7, 11) is -4.10. The molecule has 0 amide bonds. The lowest BCUT2D eigenvalue weighted by Gasteiger charge is -2.12. The average Bonchev–Trinajstić information content (AvgIpc) is 1.84. The van der Waals surface area contributed by atoms with Gasteiger partial charge >= 0.3 is 13.7 Å². The monoisotopic (exact) mass is 197 g/mol. The lowest BCUT2D eigenvalue weighted by Crippen LogP contribution is -2.23. The topological polar surface area (TPSA) is 98.9 Å². The van der Waals surface area contributed by atoms with E-state index in [-0.39, 0.29) is 6.61 Å². The Morgan fingerprint density at radius 1 is 1.75 bits per heavy atom. The molecule has 0 aliphatic rings. The Labute approximate surface area is 70.2 Å². The zero-order valence-electron chi connectivity index (χ0n) is 6.89. The number of ether oxygens (including phenoxy) is 1. The summed E-state index contributed by atoms with van der Waals surface area (Å²) in [6.45, 7) is 3.09. The van der Waals surface area contributed by atoms with Crippen molar-refractivity contribution in [1.82, 2.24) is 0 Å². The highest BCUT2D eigenvalue weighted by atomic mass is 31.2. The highest BCUT2D eigenvalue weighted by Gasteiger charge is 2.23. The molecule has 0 fully saturated rings. The second-order valence-electron chi connectivity index (χ2n) is 2.06. The normalized spacial score (nSPS) is 18.0. The van der Waals surface area contributed by atoms with Crippen LogP contribution >= 0.6 is 7.75 Å². The van der Waals surface area contributed by atoms with Crippen LogP contribution in [-0.2, 0) is 18.6 Å². The number of hydrogen-bond donors (Lipinski definition) is 2. The van der Waals surface area contributed by atoms with Gasteiger partial charge in [-0.15, -0.1) is 0 Å². The Morgan fingerprint density at radius 3 is 2.58 bits per heavy atom. The average molecular weight is 197 g/mol. The molecule has 0 aromatic rings. The number of carbonyl (C=O) groups excluding carboxylic acids is 1. The third-order valence-corrected chi connectivity index (χ3v) is 1.55. The van der Waals surface area contributed by atoms with Gasteiger partial charge in [0.05, 0.1) is 6.61 Å². The van der Waals surface area contributed by atoms with E-state index in [1.807, 2.05) is 0 Å². The van der Waals surface area contributed by atoms with E-state index < -0.39 is 19.8 Å². The molecule has 0 saturated heterocycles. The summed E-state index contributed by atoms with van der Waals surface area (Å²) in [5.74, 6) is -0.711. The van der Waals surface area contributed by atoms with Crippen LogP contribution in [0.1, 0.15) is 13.8 Å². The summed E-state index contributed by atoms with van der Waals surface area (Å²) in [4.78, 5) is 19.3. The van der Waals surface area contributed by atoms with E-state index in [0.717, 1.165) is 0 Å². The van der Waals surface area contributed by atoms with E-state index in [1.165, 1.54) is 6.92 Å². The predicted molar refractivity (Wildman–Crippen MR) is 41.2 cm³/mol. The fourth-order valence-electron chi connectivity index (χ4n) is 0.529. The molecule has 3 N–H and O–H groups in total. The zero-order valence-corrected chi connectivity index (χ0v) is 7.78. The van der Waals surface area contributed by atoms with Crippen LogP contribution < -0.4 is 5.50 Å². The molecular weight excluding hydrogens is 185 g/mol. The van der Waals surface area contributed by atoms with E-state index in [0.29, 0.717) is 0 Å². The lowest BCUT2D eigenvalue weighted by molar-refractivity contribution is -0.150. The molecule has 0 aliphatic heterocycles. The molecule has 0 aromatic heterocycles. The van der Waals surface area contributed by atoms with Crippen LogP contribution in [0.2, 0.25) is 0 Å². The third kappa shape index (κ3) is 5.26. The van der Waals surface area contributed by atoms with Gasteiger partial charge in [0.15, 0.2) is 6.10 Å². The van der Waals surface area contributed by atoms with Crippen molar-refractivity contribution in [3.8, 4) is 0 Å². The predicted octanol–water partition coefficient (Wildman–Crippen LogP) is 0.0137. The molecule has 0 aliphatic carbocycles. The molecule has 0 heterocycles. The van der Waals surface area contributed by atoms with Crippen molar-refractivity contribution < 1.29 is 23.5 Å². The lowest BCUT2D eigenvalue weighted by atomic mass is 10.4. The molecule has 0 spiro atoms. The summed E-state index contributed by atoms with van der Waals surface area (Å²) in [6.07, 6.45) is -1.12. The van der Waals surface area contributed by atoms with Crippen molar-refractivity contribution in [2.75, 3.05) is 6.61 Å². The van der Waals surface area contributed by atoms with Gasteiger partial charge in [-0.3, -0.25) is 4.52 Å². The maximum atomic E-state index is 10.8. The first kappa shape index (κ1) is 11.6. The van der Waals surface area contributed by atoms with Crippen molar-refractivity contribution in [1.29, 1.82) is 0 Å². The summed E-state index contributed by atoms with van der Waals surface area (Å²) < 4.78 is 19.2. The highest BCUT2D eigenvalue weighted by molar-refractivity contribution is 7.50. The summed E-state index contributed by atoms with van der Waals surface area (Å²) in [6, 6.07) is 0.